The van der Waals surface area contributed by atoms with E-state index in [4.69, 9.17) is 35.1 Å². The fraction of sp³-hybridized carbons (Fsp3) is 0.174. The number of rotatable bonds is 6. The van der Waals surface area contributed by atoms with Gasteiger partial charge in [-0.3, -0.25) is 0 Å². The predicted octanol–water partition coefficient (Wildman–Crippen LogP) is 8.19. The second-order valence-electron chi connectivity index (χ2n) is 14.8. The van der Waals surface area contributed by atoms with Gasteiger partial charge in [0.25, 0.3) is 0 Å². The van der Waals surface area contributed by atoms with Crippen LogP contribution in [-0.4, -0.2) is 80.9 Å². The van der Waals surface area contributed by atoms with Crippen molar-refractivity contribution in [3.8, 4) is 22.8 Å². The number of hydrogen-bond donors (Lipinski definition) is 0. The highest BCUT2D eigenvalue weighted by Gasteiger charge is 2.25. The van der Waals surface area contributed by atoms with Crippen LogP contribution < -0.4 is 0 Å². The van der Waals surface area contributed by atoms with Gasteiger partial charge in [-0.1, -0.05) is 108 Å². The molecule has 0 saturated carbocycles. The fourth-order valence-corrected chi connectivity index (χ4v) is 7.27. The van der Waals surface area contributed by atoms with Crippen LogP contribution in [0.3, 0.4) is 0 Å². The summed E-state index contributed by atoms with van der Waals surface area (Å²) in [5, 5.41) is 18.9. The summed E-state index contributed by atoms with van der Waals surface area (Å²) in [4.78, 5) is 27.9. The number of hydrogen-bond acceptors (Lipinski definition) is 9. The van der Waals surface area contributed by atoms with Crippen LogP contribution in [-0.2, 0) is 18.8 Å². The number of methoxy groups -OCH3 is 1. The van der Waals surface area contributed by atoms with Crippen LogP contribution in [0.25, 0.3) is 34.1 Å². The van der Waals surface area contributed by atoms with Gasteiger partial charge < -0.3 is 4.74 Å². The Bertz CT molecular complexity index is 3190. The molecule has 0 bridgehead atoms. The molecule has 4 aromatic carbocycles. The highest BCUT2D eigenvalue weighted by molar-refractivity contribution is 6.53. The Morgan fingerprint density at radius 2 is 0.984 bits per heavy atom. The van der Waals surface area contributed by atoms with Crippen LogP contribution in [0.4, 0.5) is 11.4 Å². The number of aliphatic imine (C=N–C) groups is 6. The summed E-state index contributed by atoms with van der Waals surface area (Å²) in [6.45, 7) is 9.94. The molecule has 0 unspecified atom stereocenters. The number of benzene rings is 4. The maximum absolute atomic E-state index is 5.27. The molecule has 0 spiro atoms. The first kappa shape index (κ1) is 38.6. The molecule has 15 heteroatoms. The number of fused-ring (bicyclic) bond motifs is 2. The first-order chi connectivity index (χ1) is 29.6. The summed E-state index contributed by atoms with van der Waals surface area (Å²) in [6.07, 6.45) is 0. The lowest BCUT2D eigenvalue weighted by Gasteiger charge is -2.01. The topological polar surface area (TPSA) is 154 Å². The molecule has 10 rings (SSSR count). The second-order valence-corrected chi connectivity index (χ2v) is 14.8. The molecule has 302 valence electrons. The molecule has 0 radical (unpaired) electrons. The number of nitrogens with zero attached hydrogens (tertiary/aromatic N) is 14. The Morgan fingerprint density at radius 3 is 1.49 bits per heavy atom. The first-order valence-corrected chi connectivity index (χ1v) is 19.7. The number of ether oxygens (including phenoxy) is 1. The molecule has 15 nitrogen and oxygen atoms in total. The highest BCUT2D eigenvalue weighted by atomic mass is 16.5. The lowest BCUT2D eigenvalue weighted by Crippen LogP contribution is -2.09. The van der Waals surface area contributed by atoms with E-state index in [9.17, 15) is 0 Å². The molecule has 0 aliphatic carbocycles. The summed E-state index contributed by atoms with van der Waals surface area (Å²) in [5.41, 5.74) is 12.4. The van der Waals surface area contributed by atoms with Crippen LogP contribution >= 0.6 is 0 Å². The van der Waals surface area contributed by atoms with Crippen molar-refractivity contribution < 1.29 is 4.74 Å². The third-order valence-corrected chi connectivity index (χ3v) is 10.2. The molecule has 61 heavy (non-hydrogen) atoms. The summed E-state index contributed by atoms with van der Waals surface area (Å²) in [5.74, 6) is 3.32. The maximum Gasteiger partial charge on any atom is 0.318 e. The number of aryl methyl sites for hydroxylation is 6. The summed E-state index contributed by atoms with van der Waals surface area (Å²) >= 11 is 0. The smallest absolute Gasteiger partial charge is 0.318 e. The molecule has 2 aliphatic rings. The SMILES string of the molecule is CC1=NC(c2ccccc2)=NC1=Nc1c(C)nn2c(-c3cccc(C)c3)nn(C)c12.COC1=NC(=Nc2c(C)nn3c(-c4cccc(C)c4)nn(C)c23)C(c2ccccc2)=N1. The van der Waals surface area contributed by atoms with Crippen LogP contribution in [0.15, 0.2) is 139 Å². The molecule has 4 aromatic heterocycles. The zero-order chi connectivity index (χ0) is 42.4. The summed E-state index contributed by atoms with van der Waals surface area (Å²) in [6, 6.07) is 36.5. The van der Waals surface area contributed by atoms with Gasteiger partial charge in [-0.05, 0) is 46.8 Å². The van der Waals surface area contributed by atoms with Crippen molar-refractivity contribution in [1.82, 2.24) is 38.8 Å². The van der Waals surface area contributed by atoms with Crippen molar-refractivity contribution in [3.05, 3.63) is 143 Å². The van der Waals surface area contributed by atoms with E-state index in [-0.39, 0.29) is 6.02 Å². The maximum atomic E-state index is 5.27. The Balaban J connectivity index is 0.000000156. The fourth-order valence-electron chi connectivity index (χ4n) is 7.27. The van der Waals surface area contributed by atoms with E-state index < -0.39 is 0 Å². The molecule has 0 atom stereocenters. The van der Waals surface area contributed by atoms with E-state index >= 15 is 0 Å². The normalized spacial score (nSPS) is 15.0. The van der Waals surface area contributed by atoms with Gasteiger partial charge in [-0.15, -0.1) is 0 Å². The highest BCUT2D eigenvalue weighted by Crippen LogP contribution is 2.32. The van der Waals surface area contributed by atoms with Crippen LogP contribution in [0.2, 0.25) is 0 Å². The van der Waals surface area contributed by atoms with Gasteiger partial charge in [0.2, 0.25) is 0 Å². The lowest BCUT2D eigenvalue weighted by molar-refractivity contribution is 0.399. The predicted molar refractivity (Wildman–Crippen MR) is 241 cm³/mol. The van der Waals surface area contributed by atoms with Gasteiger partial charge in [-0.25, -0.2) is 29.3 Å². The zero-order valence-corrected chi connectivity index (χ0v) is 35.1. The molecule has 0 saturated heterocycles. The van der Waals surface area contributed by atoms with Crippen molar-refractivity contribution in [2.75, 3.05) is 7.11 Å². The average Bonchev–Trinajstić information content (AvgIpc) is 4.11. The van der Waals surface area contributed by atoms with Gasteiger partial charge in [-0.2, -0.15) is 39.4 Å². The Kier molecular flexibility index (Phi) is 9.91. The number of amidine groups is 4. The minimum atomic E-state index is 0.282. The molecule has 0 amide bonds. The van der Waals surface area contributed by atoms with Gasteiger partial charge >= 0.3 is 6.02 Å². The minimum absolute atomic E-state index is 0.282. The lowest BCUT2D eigenvalue weighted by atomic mass is 10.1. The Morgan fingerprint density at radius 1 is 0.492 bits per heavy atom. The standard InChI is InChI=1S/C23H21N7O.C23H21N7/c1-14-9-8-12-17(13-14)21-28-29(3)22-18(15(2)27-30(21)22)24-20-19(25-23(26-20)31-4)16-10-6-5-7-11-16;1-14-9-8-12-18(13-14)22-28-29(4)23-19(15(2)27-30(22)23)25-20-16(3)24-21(26-20)17-10-6-5-7-11-17/h5-13H,1-4H3;5-13H,1-4H3. The van der Waals surface area contributed by atoms with Crippen LogP contribution in [0, 0.1) is 27.7 Å². The molecular weight excluding hydrogens is 765 g/mol. The summed E-state index contributed by atoms with van der Waals surface area (Å²) < 4.78 is 12.6. The average molecular weight is 807 g/mol. The van der Waals surface area contributed by atoms with E-state index in [0.717, 1.165) is 73.5 Å². The molecule has 0 N–H and O–H groups in total. The van der Waals surface area contributed by atoms with E-state index in [2.05, 4.69) is 58.1 Å². The van der Waals surface area contributed by atoms with Gasteiger partial charge in [0.1, 0.15) is 17.1 Å². The Labute approximate surface area is 351 Å². The third kappa shape index (κ3) is 7.26. The van der Waals surface area contributed by atoms with Gasteiger partial charge in [0, 0.05) is 36.3 Å². The minimum Gasteiger partial charge on any atom is -0.467 e. The quantitative estimate of drug-likeness (QED) is 0.166. The third-order valence-electron chi connectivity index (χ3n) is 10.2. The Hall–Kier alpha value is -7.94. The van der Waals surface area contributed by atoms with Crippen molar-refractivity contribution in [3.63, 3.8) is 0 Å². The molecule has 0 fully saturated rings. The van der Waals surface area contributed by atoms with Crippen LogP contribution in [0.1, 0.15) is 40.6 Å². The number of aromatic nitrogens is 8. The van der Waals surface area contributed by atoms with Gasteiger partial charge in [0.05, 0.1) is 24.2 Å². The van der Waals surface area contributed by atoms with E-state index in [1.165, 1.54) is 5.56 Å². The van der Waals surface area contributed by atoms with E-state index in [1.54, 1.807) is 11.8 Å². The largest absolute Gasteiger partial charge is 0.467 e. The van der Waals surface area contributed by atoms with Crippen molar-refractivity contribution in [2.45, 2.75) is 34.6 Å². The van der Waals surface area contributed by atoms with Gasteiger partial charge in [0.15, 0.2) is 40.5 Å². The monoisotopic (exact) mass is 806 g/mol. The molecule has 6 heterocycles. The van der Waals surface area contributed by atoms with Crippen molar-refractivity contribution in [2.24, 2.45) is 44.0 Å². The van der Waals surface area contributed by atoms with E-state index in [1.807, 2.05) is 134 Å². The van der Waals surface area contributed by atoms with Crippen LogP contribution in [0.5, 0.6) is 0 Å². The van der Waals surface area contributed by atoms with Crippen molar-refractivity contribution >= 4 is 57.6 Å². The van der Waals surface area contributed by atoms with Crippen molar-refractivity contribution in [1.29, 1.82) is 0 Å². The summed E-state index contributed by atoms with van der Waals surface area (Å²) in [7, 11) is 5.35. The second kappa shape index (κ2) is 15.7. The molecule has 2 aliphatic heterocycles. The molecule has 8 aromatic rings. The first-order valence-electron chi connectivity index (χ1n) is 19.7. The van der Waals surface area contributed by atoms with E-state index in [0.29, 0.717) is 28.9 Å². The zero-order valence-electron chi connectivity index (χ0n) is 35.1. The molecular formula is C46H42N14O.